The van der Waals surface area contributed by atoms with E-state index in [0.29, 0.717) is 6.04 Å². The first kappa shape index (κ1) is 14.0. The fourth-order valence-corrected chi connectivity index (χ4v) is 1.45. The lowest BCUT2D eigenvalue weighted by molar-refractivity contribution is 0.471. The number of nitrogens with zero attached hydrogens (tertiary/aromatic N) is 1. The first-order valence-corrected chi connectivity index (χ1v) is 4.73. The van der Waals surface area contributed by atoms with Gasteiger partial charge in [0.1, 0.15) is 5.82 Å². The van der Waals surface area contributed by atoms with Gasteiger partial charge in [0.15, 0.2) is 0 Å². The molecule has 0 saturated carbocycles. The number of rotatable bonds is 2. The SMILES string of the molecule is Brc1cccnc1NC1CNC1.Cl.Cl. The topological polar surface area (TPSA) is 37.0 Å². The molecule has 2 N–H and O–H groups in total. The summed E-state index contributed by atoms with van der Waals surface area (Å²) in [6.07, 6.45) is 1.79. The molecule has 0 atom stereocenters. The van der Waals surface area contributed by atoms with Crippen molar-refractivity contribution in [2.45, 2.75) is 6.04 Å². The zero-order valence-corrected chi connectivity index (χ0v) is 10.6. The quantitative estimate of drug-likeness (QED) is 0.878. The summed E-state index contributed by atoms with van der Waals surface area (Å²) in [5.41, 5.74) is 0. The molecule has 2 rings (SSSR count). The van der Waals surface area contributed by atoms with Gasteiger partial charge in [0.05, 0.1) is 10.5 Å². The van der Waals surface area contributed by atoms with Crippen LogP contribution in [0.5, 0.6) is 0 Å². The second-order valence-corrected chi connectivity index (χ2v) is 3.69. The molecule has 6 heteroatoms. The second-order valence-electron chi connectivity index (χ2n) is 2.83. The Balaban J connectivity index is 0.000000845. The Bertz CT molecular complexity index is 281. The van der Waals surface area contributed by atoms with Crippen molar-refractivity contribution in [3.8, 4) is 0 Å². The average molecular weight is 301 g/mol. The summed E-state index contributed by atoms with van der Waals surface area (Å²) in [4.78, 5) is 4.21. The average Bonchev–Trinajstić information content (AvgIpc) is 2.00. The Morgan fingerprint density at radius 1 is 1.43 bits per heavy atom. The van der Waals surface area contributed by atoms with Crippen LogP contribution < -0.4 is 10.6 Å². The zero-order chi connectivity index (χ0) is 8.39. The third-order valence-corrected chi connectivity index (χ3v) is 2.52. The van der Waals surface area contributed by atoms with Crippen molar-refractivity contribution < 1.29 is 0 Å². The molecular weight excluding hydrogens is 289 g/mol. The van der Waals surface area contributed by atoms with Gasteiger partial charge < -0.3 is 10.6 Å². The predicted octanol–water partition coefficient (Wildman–Crippen LogP) is 2.07. The highest BCUT2D eigenvalue weighted by atomic mass is 79.9. The molecule has 1 fully saturated rings. The van der Waals surface area contributed by atoms with Gasteiger partial charge in [-0.05, 0) is 28.1 Å². The van der Waals surface area contributed by atoms with Crippen LogP contribution in [0.4, 0.5) is 5.82 Å². The van der Waals surface area contributed by atoms with Crippen molar-refractivity contribution in [2.24, 2.45) is 0 Å². The van der Waals surface area contributed by atoms with E-state index < -0.39 is 0 Å². The molecule has 1 aliphatic rings. The van der Waals surface area contributed by atoms with E-state index in [9.17, 15) is 0 Å². The molecule has 0 radical (unpaired) electrons. The van der Waals surface area contributed by atoms with Gasteiger partial charge in [-0.25, -0.2) is 4.98 Å². The van der Waals surface area contributed by atoms with E-state index in [0.717, 1.165) is 23.4 Å². The summed E-state index contributed by atoms with van der Waals surface area (Å²) in [7, 11) is 0. The van der Waals surface area contributed by atoms with E-state index in [1.54, 1.807) is 6.20 Å². The highest BCUT2D eigenvalue weighted by molar-refractivity contribution is 9.10. The van der Waals surface area contributed by atoms with Crippen LogP contribution in [0.25, 0.3) is 0 Å². The van der Waals surface area contributed by atoms with Gasteiger partial charge in [0, 0.05) is 19.3 Å². The largest absolute Gasteiger partial charge is 0.364 e. The molecule has 1 saturated heterocycles. The van der Waals surface area contributed by atoms with Gasteiger partial charge in [-0.2, -0.15) is 0 Å². The number of halogens is 3. The van der Waals surface area contributed by atoms with Crippen LogP contribution in [-0.2, 0) is 0 Å². The van der Waals surface area contributed by atoms with Crippen LogP contribution in [-0.4, -0.2) is 24.1 Å². The van der Waals surface area contributed by atoms with Gasteiger partial charge in [-0.1, -0.05) is 0 Å². The third kappa shape index (κ3) is 3.28. The minimum atomic E-state index is 0. The minimum absolute atomic E-state index is 0. The van der Waals surface area contributed by atoms with Crippen molar-refractivity contribution in [1.29, 1.82) is 0 Å². The first-order chi connectivity index (χ1) is 5.86. The summed E-state index contributed by atoms with van der Waals surface area (Å²) < 4.78 is 1.02. The van der Waals surface area contributed by atoms with Crippen LogP contribution in [0.15, 0.2) is 22.8 Å². The molecule has 0 aromatic carbocycles. The number of hydrogen-bond donors (Lipinski definition) is 2. The fourth-order valence-electron chi connectivity index (χ4n) is 1.08. The third-order valence-electron chi connectivity index (χ3n) is 1.88. The Morgan fingerprint density at radius 2 is 2.14 bits per heavy atom. The van der Waals surface area contributed by atoms with E-state index in [1.165, 1.54) is 0 Å². The maximum Gasteiger partial charge on any atom is 0.140 e. The molecule has 1 aliphatic heterocycles. The van der Waals surface area contributed by atoms with Gasteiger partial charge in [0.2, 0.25) is 0 Å². The molecule has 0 spiro atoms. The minimum Gasteiger partial charge on any atom is -0.364 e. The molecule has 0 aliphatic carbocycles. The van der Waals surface area contributed by atoms with Crippen LogP contribution in [0, 0.1) is 0 Å². The maximum atomic E-state index is 4.21. The summed E-state index contributed by atoms with van der Waals surface area (Å²) in [6, 6.07) is 4.44. The fraction of sp³-hybridized carbons (Fsp3) is 0.375. The highest BCUT2D eigenvalue weighted by Crippen LogP contribution is 2.19. The van der Waals surface area contributed by atoms with Crippen molar-refractivity contribution in [2.75, 3.05) is 18.4 Å². The molecule has 0 amide bonds. The summed E-state index contributed by atoms with van der Waals surface area (Å²) in [5.74, 6) is 0.934. The molecule has 1 aromatic heterocycles. The van der Waals surface area contributed by atoms with Crippen LogP contribution >= 0.6 is 40.7 Å². The molecule has 80 valence electrons. The van der Waals surface area contributed by atoms with E-state index in [4.69, 9.17) is 0 Å². The summed E-state index contributed by atoms with van der Waals surface area (Å²) in [5, 5.41) is 6.52. The Morgan fingerprint density at radius 3 is 2.64 bits per heavy atom. The Kier molecular flexibility index (Phi) is 6.44. The monoisotopic (exact) mass is 299 g/mol. The number of hydrogen-bond acceptors (Lipinski definition) is 3. The Labute approximate surface area is 104 Å². The number of nitrogens with one attached hydrogen (secondary N) is 2. The molecule has 14 heavy (non-hydrogen) atoms. The summed E-state index contributed by atoms with van der Waals surface area (Å²) in [6.45, 7) is 2.06. The number of aromatic nitrogens is 1. The van der Waals surface area contributed by atoms with Gasteiger partial charge in [-0.3, -0.25) is 0 Å². The number of pyridine rings is 1. The van der Waals surface area contributed by atoms with Crippen molar-refractivity contribution in [1.82, 2.24) is 10.3 Å². The van der Waals surface area contributed by atoms with Crippen molar-refractivity contribution in [3.63, 3.8) is 0 Å². The van der Waals surface area contributed by atoms with E-state index in [1.807, 2.05) is 12.1 Å². The predicted molar refractivity (Wildman–Crippen MR) is 66.7 cm³/mol. The summed E-state index contributed by atoms with van der Waals surface area (Å²) >= 11 is 3.43. The van der Waals surface area contributed by atoms with Gasteiger partial charge >= 0.3 is 0 Å². The number of anilines is 1. The zero-order valence-electron chi connectivity index (χ0n) is 7.37. The van der Waals surface area contributed by atoms with Crippen LogP contribution in [0.2, 0.25) is 0 Å². The lowest BCUT2D eigenvalue weighted by Crippen LogP contribution is -2.51. The maximum absolute atomic E-state index is 4.21. The Hall–Kier alpha value is -0.0300. The van der Waals surface area contributed by atoms with E-state index >= 15 is 0 Å². The van der Waals surface area contributed by atoms with Gasteiger partial charge in [-0.15, -0.1) is 24.8 Å². The molecule has 0 unspecified atom stereocenters. The van der Waals surface area contributed by atoms with E-state index in [2.05, 4.69) is 31.5 Å². The molecule has 0 bridgehead atoms. The van der Waals surface area contributed by atoms with Crippen LogP contribution in [0.3, 0.4) is 0 Å². The van der Waals surface area contributed by atoms with Gasteiger partial charge in [0.25, 0.3) is 0 Å². The molecular formula is C8H12BrCl2N3. The smallest absolute Gasteiger partial charge is 0.140 e. The molecule has 2 heterocycles. The van der Waals surface area contributed by atoms with Crippen molar-refractivity contribution in [3.05, 3.63) is 22.8 Å². The highest BCUT2D eigenvalue weighted by Gasteiger charge is 2.16. The molecule has 1 aromatic rings. The van der Waals surface area contributed by atoms with Crippen molar-refractivity contribution >= 4 is 46.6 Å². The lowest BCUT2D eigenvalue weighted by Gasteiger charge is -2.28. The standard InChI is InChI=1S/C8H10BrN3.2ClH/c9-7-2-1-3-11-8(7)12-6-4-10-5-6;;/h1-3,6,10H,4-5H2,(H,11,12);2*1H. The second kappa shape index (κ2) is 6.45. The first-order valence-electron chi connectivity index (χ1n) is 3.94. The molecule has 3 nitrogen and oxygen atoms in total. The lowest BCUT2D eigenvalue weighted by atomic mass is 10.2. The normalized spacial score (nSPS) is 14.6. The van der Waals surface area contributed by atoms with Crippen LogP contribution in [0.1, 0.15) is 0 Å². The van der Waals surface area contributed by atoms with E-state index in [-0.39, 0.29) is 24.8 Å².